The second-order valence-corrected chi connectivity index (χ2v) is 10.2. The topological polar surface area (TPSA) is 100 Å². The highest BCUT2D eigenvalue weighted by molar-refractivity contribution is 9.10. The van der Waals surface area contributed by atoms with E-state index >= 15 is 0 Å². The van der Waals surface area contributed by atoms with Gasteiger partial charge in [-0.2, -0.15) is 5.10 Å². The van der Waals surface area contributed by atoms with Crippen LogP contribution in [0.15, 0.2) is 71.5 Å². The number of aromatic amines is 1. The fourth-order valence-electron chi connectivity index (χ4n) is 5.46. The first-order valence-electron chi connectivity index (χ1n) is 12.0. The van der Waals surface area contributed by atoms with Crippen LogP contribution in [0.4, 0.5) is 11.5 Å². The molecule has 1 spiro atoms. The van der Waals surface area contributed by atoms with E-state index in [1.807, 2.05) is 36.4 Å². The van der Waals surface area contributed by atoms with Gasteiger partial charge in [-0.25, -0.2) is 4.98 Å². The summed E-state index contributed by atoms with van der Waals surface area (Å²) in [6, 6.07) is 17.0. The average Bonchev–Trinajstić information content (AvgIpc) is 3.44. The van der Waals surface area contributed by atoms with Crippen molar-refractivity contribution in [3.8, 4) is 5.75 Å². The fourth-order valence-corrected chi connectivity index (χ4v) is 6.19. The first-order chi connectivity index (χ1) is 17.5. The van der Waals surface area contributed by atoms with Crippen molar-refractivity contribution >= 4 is 50.2 Å². The summed E-state index contributed by atoms with van der Waals surface area (Å²) in [5.41, 5.74) is 2.05. The number of rotatable bonds is 5. The molecule has 1 aliphatic carbocycles. The van der Waals surface area contributed by atoms with Crippen molar-refractivity contribution in [2.45, 2.75) is 37.2 Å². The third-order valence-corrected chi connectivity index (χ3v) is 7.81. The number of carbonyl (C=O) groups is 2. The van der Waals surface area contributed by atoms with E-state index in [1.165, 1.54) is 0 Å². The van der Waals surface area contributed by atoms with E-state index in [-0.39, 0.29) is 24.5 Å². The van der Waals surface area contributed by atoms with Crippen molar-refractivity contribution in [1.29, 1.82) is 0 Å². The quantitative estimate of drug-likeness (QED) is 0.369. The van der Waals surface area contributed by atoms with Crippen LogP contribution in [-0.4, -0.2) is 39.6 Å². The minimum absolute atomic E-state index is 0.0141. The number of amides is 2. The molecule has 0 unspecified atom stereocenters. The molecule has 0 bridgehead atoms. The standard InChI is InChI=1S/C27H24BrN5O3/c28-20-4-3-5-22-25(20)27(26(35)33(22)16-24(34)31-23-6-1-2-13-29-23)11-9-18(10-12-27)36-19-7-8-21-17(14-19)15-30-32-21/h1-8,13-15,18H,9-12,16H2,(H,30,32)(H,29,31,34). The predicted molar refractivity (Wildman–Crippen MR) is 140 cm³/mol. The number of nitrogens with zero attached hydrogens (tertiary/aromatic N) is 3. The molecule has 2 aromatic heterocycles. The Bertz CT molecular complexity index is 1450. The molecule has 2 amide bonds. The van der Waals surface area contributed by atoms with Gasteiger partial charge in [-0.05, 0) is 68.1 Å². The van der Waals surface area contributed by atoms with Crippen LogP contribution in [0, 0.1) is 0 Å². The maximum absolute atomic E-state index is 13.9. The number of carbonyl (C=O) groups excluding carboxylic acids is 2. The highest BCUT2D eigenvalue weighted by Crippen LogP contribution is 2.53. The van der Waals surface area contributed by atoms with Crippen LogP contribution in [0.2, 0.25) is 0 Å². The number of hydrogen-bond acceptors (Lipinski definition) is 5. The number of aromatic nitrogens is 3. The number of nitrogens with one attached hydrogen (secondary N) is 2. The van der Waals surface area contributed by atoms with E-state index in [0.717, 1.165) is 45.2 Å². The van der Waals surface area contributed by atoms with Crippen molar-refractivity contribution in [3.05, 3.63) is 77.0 Å². The highest BCUT2D eigenvalue weighted by Gasteiger charge is 2.53. The van der Waals surface area contributed by atoms with E-state index in [1.54, 1.807) is 35.5 Å². The molecule has 4 aromatic rings. The lowest BCUT2D eigenvalue weighted by Crippen LogP contribution is -2.46. The Kier molecular flexibility index (Phi) is 5.72. The van der Waals surface area contributed by atoms with E-state index in [4.69, 9.17) is 4.74 Å². The van der Waals surface area contributed by atoms with Gasteiger partial charge < -0.3 is 15.0 Å². The summed E-state index contributed by atoms with van der Waals surface area (Å²) in [6.45, 7) is -0.0642. The van der Waals surface area contributed by atoms with E-state index in [2.05, 4.69) is 36.4 Å². The van der Waals surface area contributed by atoms with Crippen LogP contribution in [0.25, 0.3) is 10.9 Å². The molecule has 36 heavy (non-hydrogen) atoms. The smallest absolute Gasteiger partial charge is 0.245 e. The van der Waals surface area contributed by atoms with Crippen molar-refractivity contribution < 1.29 is 14.3 Å². The SMILES string of the molecule is O=C(CN1C(=O)C2(CCC(Oc3ccc4[nH]ncc4c3)CC2)c2c(Br)cccc21)Nc1ccccn1. The van der Waals surface area contributed by atoms with Gasteiger partial charge in [-0.3, -0.25) is 14.7 Å². The minimum Gasteiger partial charge on any atom is -0.490 e. The Morgan fingerprint density at radius 2 is 2.03 bits per heavy atom. The van der Waals surface area contributed by atoms with Crippen molar-refractivity contribution in [1.82, 2.24) is 15.2 Å². The van der Waals surface area contributed by atoms with E-state index < -0.39 is 5.41 Å². The van der Waals surface area contributed by atoms with Gasteiger partial charge >= 0.3 is 0 Å². The van der Waals surface area contributed by atoms with Crippen LogP contribution < -0.4 is 15.0 Å². The highest BCUT2D eigenvalue weighted by atomic mass is 79.9. The lowest BCUT2D eigenvalue weighted by Gasteiger charge is -2.36. The lowest BCUT2D eigenvalue weighted by atomic mass is 9.69. The van der Waals surface area contributed by atoms with Gasteiger partial charge in [0.05, 0.1) is 23.2 Å². The molecule has 0 atom stereocenters. The molecular weight excluding hydrogens is 522 g/mol. The summed E-state index contributed by atoms with van der Waals surface area (Å²) < 4.78 is 7.19. The molecule has 6 rings (SSSR count). The van der Waals surface area contributed by atoms with Gasteiger partial charge in [0.15, 0.2) is 0 Å². The number of halogens is 1. The Balaban J connectivity index is 1.21. The van der Waals surface area contributed by atoms with Crippen molar-refractivity contribution in [2.75, 3.05) is 16.8 Å². The average molecular weight is 546 g/mol. The molecule has 0 saturated heterocycles. The number of anilines is 2. The molecular formula is C27H24BrN5O3. The van der Waals surface area contributed by atoms with Gasteiger partial charge in [0.2, 0.25) is 11.8 Å². The maximum atomic E-state index is 13.9. The van der Waals surface area contributed by atoms with Gasteiger partial charge in [0, 0.05) is 27.3 Å². The second kappa shape index (κ2) is 9.05. The van der Waals surface area contributed by atoms with E-state index in [9.17, 15) is 9.59 Å². The largest absolute Gasteiger partial charge is 0.490 e. The Morgan fingerprint density at radius 3 is 2.83 bits per heavy atom. The fraction of sp³-hybridized carbons (Fsp3) is 0.259. The Hall–Kier alpha value is -3.72. The molecule has 2 N–H and O–H groups in total. The zero-order valence-corrected chi connectivity index (χ0v) is 21.0. The summed E-state index contributed by atoms with van der Waals surface area (Å²) >= 11 is 3.69. The zero-order valence-electron chi connectivity index (χ0n) is 19.4. The molecule has 3 heterocycles. The summed E-state index contributed by atoms with van der Waals surface area (Å²) in [7, 11) is 0. The summed E-state index contributed by atoms with van der Waals surface area (Å²) in [4.78, 5) is 32.5. The number of H-pyrrole nitrogens is 1. The summed E-state index contributed by atoms with van der Waals surface area (Å²) in [5.74, 6) is 0.956. The van der Waals surface area contributed by atoms with Crippen LogP contribution in [0.5, 0.6) is 5.75 Å². The second-order valence-electron chi connectivity index (χ2n) is 9.31. The minimum atomic E-state index is -0.672. The predicted octanol–water partition coefficient (Wildman–Crippen LogP) is 4.97. The molecule has 1 saturated carbocycles. The number of ether oxygens (including phenoxy) is 1. The normalized spacial score (nSPS) is 21.1. The Morgan fingerprint density at radius 1 is 1.17 bits per heavy atom. The maximum Gasteiger partial charge on any atom is 0.245 e. The van der Waals surface area contributed by atoms with Gasteiger partial charge in [-0.1, -0.05) is 28.1 Å². The van der Waals surface area contributed by atoms with Gasteiger partial charge in [-0.15, -0.1) is 0 Å². The van der Waals surface area contributed by atoms with Gasteiger partial charge in [0.1, 0.15) is 18.1 Å². The monoisotopic (exact) mass is 545 g/mol. The first-order valence-corrected chi connectivity index (χ1v) is 12.7. The number of benzene rings is 2. The van der Waals surface area contributed by atoms with Crippen LogP contribution >= 0.6 is 15.9 Å². The molecule has 8 nitrogen and oxygen atoms in total. The van der Waals surface area contributed by atoms with Crippen LogP contribution in [-0.2, 0) is 15.0 Å². The molecule has 1 aliphatic heterocycles. The number of hydrogen-bond donors (Lipinski definition) is 2. The van der Waals surface area contributed by atoms with Crippen molar-refractivity contribution in [3.63, 3.8) is 0 Å². The van der Waals surface area contributed by atoms with Crippen LogP contribution in [0.1, 0.15) is 31.2 Å². The summed E-state index contributed by atoms with van der Waals surface area (Å²) in [5, 5.41) is 10.8. The van der Waals surface area contributed by atoms with Crippen LogP contribution in [0.3, 0.4) is 0 Å². The van der Waals surface area contributed by atoms with Crippen molar-refractivity contribution in [2.24, 2.45) is 0 Å². The third kappa shape index (κ3) is 3.93. The lowest BCUT2D eigenvalue weighted by molar-refractivity contribution is -0.126. The Labute approximate surface area is 216 Å². The molecule has 0 radical (unpaired) electrons. The van der Waals surface area contributed by atoms with Gasteiger partial charge in [0.25, 0.3) is 0 Å². The molecule has 1 fully saturated rings. The first kappa shape index (κ1) is 22.7. The molecule has 2 aromatic carbocycles. The van der Waals surface area contributed by atoms with E-state index in [0.29, 0.717) is 18.7 Å². The molecule has 2 aliphatic rings. The number of fused-ring (bicyclic) bond motifs is 3. The molecule has 9 heteroatoms. The number of pyridine rings is 1. The molecule has 182 valence electrons. The zero-order chi connectivity index (χ0) is 24.7. The summed E-state index contributed by atoms with van der Waals surface area (Å²) in [6.07, 6.45) is 6.19. The third-order valence-electron chi connectivity index (χ3n) is 7.15.